The van der Waals surface area contributed by atoms with Gasteiger partial charge in [0.2, 0.25) is 0 Å². The Hall–Kier alpha value is -1.03. The molecule has 1 unspecified atom stereocenters. The molecule has 0 heterocycles. The molecule has 4 heteroatoms. The first kappa shape index (κ1) is 15.0. The topological polar surface area (TPSA) is 20.2 Å². The number of hydrogen-bond acceptors (Lipinski definition) is 1. The molecule has 0 saturated carbocycles. The molecule has 0 aliphatic rings. The highest BCUT2D eigenvalue weighted by atomic mass is 19.4. The number of rotatable bonds is 6. The van der Waals surface area contributed by atoms with Crippen LogP contribution in [-0.4, -0.2) is 16.9 Å². The van der Waals surface area contributed by atoms with Crippen molar-refractivity contribution in [3.8, 4) is 0 Å². The minimum absolute atomic E-state index is 0.143. The van der Waals surface area contributed by atoms with E-state index in [1.807, 2.05) is 30.3 Å². The molecule has 0 spiro atoms. The van der Waals surface area contributed by atoms with Crippen LogP contribution in [0.5, 0.6) is 0 Å². The van der Waals surface area contributed by atoms with Crippen LogP contribution in [0.15, 0.2) is 30.3 Å². The summed E-state index contributed by atoms with van der Waals surface area (Å²) in [5, 5.41) is 10.1. The van der Waals surface area contributed by atoms with Crippen LogP contribution < -0.4 is 0 Å². The molecule has 1 aromatic rings. The van der Waals surface area contributed by atoms with Gasteiger partial charge < -0.3 is 5.11 Å². The van der Waals surface area contributed by atoms with Gasteiger partial charge in [-0.3, -0.25) is 0 Å². The van der Waals surface area contributed by atoms with Crippen molar-refractivity contribution >= 4 is 0 Å². The molecule has 1 atom stereocenters. The third-order valence-corrected chi connectivity index (χ3v) is 2.97. The van der Waals surface area contributed by atoms with Crippen LogP contribution >= 0.6 is 0 Å². The monoisotopic (exact) mass is 260 g/mol. The van der Waals surface area contributed by atoms with Crippen molar-refractivity contribution < 1.29 is 18.3 Å². The Bertz CT molecular complexity index is 348. The number of hydrogen-bond donors (Lipinski definition) is 1. The fraction of sp³-hybridized carbons (Fsp3) is 0.571. The summed E-state index contributed by atoms with van der Waals surface area (Å²) in [6, 6.07) is 9.27. The molecule has 0 bridgehead atoms. The smallest absolute Gasteiger partial charge is 0.390 e. The SMILES string of the molecule is CCCC(O)(CCc1ccccc1)CC(F)(F)F. The first-order valence-electron chi connectivity index (χ1n) is 6.18. The van der Waals surface area contributed by atoms with Crippen LogP contribution in [0.4, 0.5) is 13.2 Å². The lowest BCUT2D eigenvalue weighted by Gasteiger charge is -2.29. The summed E-state index contributed by atoms with van der Waals surface area (Å²) in [4.78, 5) is 0. The van der Waals surface area contributed by atoms with Gasteiger partial charge in [0.1, 0.15) is 0 Å². The van der Waals surface area contributed by atoms with Crippen LogP contribution in [0.3, 0.4) is 0 Å². The molecule has 0 aromatic heterocycles. The summed E-state index contributed by atoms with van der Waals surface area (Å²) in [6.45, 7) is 1.78. The van der Waals surface area contributed by atoms with E-state index in [2.05, 4.69) is 0 Å². The van der Waals surface area contributed by atoms with Gasteiger partial charge in [0, 0.05) is 0 Å². The summed E-state index contributed by atoms with van der Waals surface area (Å²) in [5.41, 5.74) is -0.683. The molecule has 0 aliphatic carbocycles. The Kier molecular flexibility index (Phi) is 5.20. The second-order valence-electron chi connectivity index (χ2n) is 4.75. The summed E-state index contributed by atoms with van der Waals surface area (Å²) in [7, 11) is 0. The summed E-state index contributed by atoms with van der Waals surface area (Å²) < 4.78 is 37.3. The van der Waals surface area contributed by atoms with Crippen LogP contribution in [0.25, 0.3) is 0 Å². The van der Waals surface area contributed by atoms with E-state index in [1.54, 1.807) is 6.92 Å². The van der Waals surface area contributed by atoms with Gasteiger partial charge >= 0.3 is 6.18 Å². The molecule has 18 heavy (non-hydrogen) atoms. The minimum atomic E-state index is -4.32. The van der Waals surface area contributed by atoms with Gasteiger partial charge in [0.05, 0.1) is 12.0 Å². The maximum absolute atomic E-state index is 12.4. The zero-order chi connectivity index (χ0) is 13.6. The van der Waals surface area contributed by atoms with Crippen molar-refractivity contribution in [1.29, 1.82) is 0 Å². The van der Waals surface area contributed by atoms with E-state index >= 15 is 0 Å². The second-order valence-corrected chi connectivity index (χ2v) is 4.75. The minimum Gasteiger partial charge on any atom is -0.390 e. The van der Waals surface area contributed by atoms with Crippen molar-refractivity contribution in [3.05, 3.63) is 35.9 Å². The van der Waals surface area contributed by atoms with Crippen molar-refractivity contribution in [3.63, 3.8) is 0 Å². The van der Waals surface area contributed by atoms with E-state index in [4.69, 9.17) is 0 Å². The largest absolute Gasteiger partial charge is 0.391 e. The lowest BCUT2D eigenvalue weighted by atomic mass is 9.87. The number of halogens is 3. The van der Waals surface area contributed by atoms with Gasteiger partial charge in [-0.2, -0.15) is 13.2 Å². The van der Waals surface area contributed by atoms with Gasteiger partial charge in [0.25, 0.3) is 0 Å². The molecule has 1 N–H and O–H groups in total. The van der Waals surface area contributed by atoms with Crippen LogP contribution in [0.2, 0.25) is 0 Å². The molecular formula is C14H19F3O. The summed E-state index contributed by atoms with van der Waals surface area (Å²) >= 11 is 0. The Morgan fingerprint density at radius 3 is 2.17 bits per heavy atom. The summed E-state index contributed by atoms with van der Waals surface area (Å²) in [5.74, 6) is 0. The van der Waals surface area contributed by atoms with E-state index in [0.29, 0.717) is 12.8 Å². The lowest BCUT2D eigenvalue weighted by Crippen LogP contribution is -2.35. The summed E-state index contributed by atoms with van der Waals surface area (Å²) in [6.07, 6.45) is -4.11. The van der Waals surface area contributed by atoms with Gasteiger partial charge in [-0.05, 0) is 24.8 Å². The average Bonchev–Trinajstić information content (AvgIpc) is 2.26. The predicted molar refractivity (Wildman–Crippen MR) is 65.3 cm³/mol. The highest BCUT2D eigenvalue weighted by Crippen LogP contribution is 2.33. The predicted octanol–water partition coefficient (Wildman–Crippen LogP) is 4.10. The van der Waals surface area contributed by atoms with Crippen LogP contribution in [-0.2, 0) is 6.42 Å². The van der Waals surface area contributed by atoms with E-state index in [-0.39, 0.29) is 12.8 Å². The maximum Gasteiger partial charge on any atom is 0.391 e. The molecule has 1 rings (SSSR count). The Morgan fingerprint density at radius 2 is 1.67 bits per heavy atom. The Labute approximate surface area is 106 Å². The molecule has 1 aromatic carbocycles. The number of benzene rings is 1. The Balaban J connectivity index is 2.62. The standard InChI is InChI=1S/C14H19F3O/c1-2-9-13(18,11-14(15,16)17)10-8-12-6-4-3-5-7-12/h3-7,18H,2,8-11H2,1H3. The van der Waals surface area contributed by atoms with E-state index < -0.39 is 18.2 Å². The fourth-order valence-corrected chi connectivity index (χ4v) is 2.16. The molecule has 0 saturated heterocycles. The number of aryl methyl sites for hydroxylation is 1. The zero-order valence-electron chi connectivity index (χ0n) is 10.5. The molecule has 0 fully saturated rings. The Morgan fingerprint density at radius 1 is 1.06 bits per heavy atom. The third-order valence-electron chi connectivity index (χ3n) is 2.97. The van der Waals surface area contributed by atoms with E-state index in [1.165, 1.54) is 0 Å². The lowest BCUT2D eigenvalue weighted by molar-refractivity contribution is -0.178. The normalized spacial score (nSPS) is 15.4. The van der Waals surface area contributed by atoms with Gasteiger partial charge in [-0.25, -0.2) is 0 Å². The second kappa shape index (κ2) is 6.23. The maximum atomic E-state index is 12.4. The molecular weight excluding hydrogens is 241 g/mol. The number of alkyl halides is 3. The third kappa shape index (κ3) is 5.54. The van der Waals surface area contributed by atoms with E-state index in [9.17, 15) is 18.3 Å². The van der Waals surface area contributed by atoms with Crippen molar-refractivity contribution in [1.82, 2.24) is 0 Å². The van der Waals surface area contributed by atoms with Gasteiger partial charge in [-0.15, -0.1) is 0 Å². The highest BCUT2D eigenvalue weighted by Gasteiger charge is 2.40. The van der Waals surface area contributed by atoms with Crippen molar-refractivity contribution in [2.45, 2.75) is 50.8 Å². The average molecular weight is 260 g/mol. The zero-order valence-corrected chi connectivity index (χ0v) is 10.5. The molecule has 102 valence electrons. The fourth-order valence-electron chi connectivity index (χ4n) is 2.16. The molecule has 1 nitrogen and oxygen atoms in total. The van der Waals surface area contributed by atoms with Crippen LogP contribution in [0, 0.1) is 0 Å². The molecule has 0 aliphatic heterocycles. The van der Waals surface area contributed by atoms with E-state index in [0.717, 1.165) is 5.56 Å². The van der Waals surface area contributed by atoms with Crippen molar-refractivity contribution in [2.75, 3.05) is 0 Å². The number of aliphatic hydroxyl groups is 1. The quantitative estimate of drug-likeness (QED) is 0.816. The first-order chi connectivity index (χ1) is 8.35. The molecule has 0 radical (unpaired) electrons. The van der Waals surface area contributed by atoms with Crippen LogP contribution in [0.1, 0.15) is 38.2 Å². The molecule has 0 amide bonds. The first-order valence-corrected chi connectivity index (χ1v) is 6.18. The van der Waals surface area contributed by atoms with Gasteiger partial charge in [0.15, 0.2) is 0 Å². The highest BCUT2D eigenvalue weighted by molar-refractivity contribution is 5.15. The van der Waals surface area contributed by atoms with Crippen molar-refractivity contribution in [2.24, 2.45) is 0 Å². The van der Waals surface area contributed by atoms with Gasteiger partial charge in [-0.1, -0.05) is 43.7 Å².